The molecule has 1 spiro atoms. The smallest absolute Gasteiger partial charge is 0.258 e. The monoisotopic (exact) mass is 511 g/mol. The van der Waals surface area contributed by atoms with Crippen LogP contribution in [0.2, 0.25) is 5.02 Å². The number of piperidine rings is 1. The molecule has 2 aromatic rings. The van der Waals surface area contributed by atoms with E-state index in [-0.39, 0.29) is 17.9 Å². The largest absolute Gasteiger partial charge is 0.376 e. The third-order valence-electron chi connectivity index (χ3n) is 8.01. The summed E-state index contributed by atoms with van der Waals surface area (Å²) in [6, 6.07) is 14.9. The number of hydrogen-bond acceptors (Lipinski definition) is 4. The molecule has 6 nitrogen and oxygen atoms in total. The molecule has 1 aliphatic heterocycles. The topological polar surface area (TPSA) is 72.9 Å². The average Bonchev–Trinajstić information content (AvgIpc) is 3.53. The third-order valence-corrected chi connectivity index (χ3v) is 8.32. The Morgan fingerprint density at radius 1 is 1.19 bits per heavy atom. The Bertz CT molecular complexity index is 1090. The molecule has 1 saturated heterocycles. The predicted molar refractivity (Wildman–Crippen MR) is 144 cm³/mol. The maximum absolute atomic E-state index is 12.9. The van der Waals surface area contributed by atoms with Crippen LogP contribution in [0.3, 0.4) is 0 Å². The van der Waals surface area contributed by atoms with Crippen molar-refractivity contribution in [3.05, 3.63) is 64.7 Å². The highest BCUT2D eigenvalue weighted by Gasteiger charge is 2.54. The maximum Gasteiger partial charge on any atom is 0.258 e. The highest BCUT2D eigenvalue weighted by atomic mass is 35.5. The van der Waals surface area contributed by atoms with Gasteiger partial charge in [-0.1, -0.05) is 41.9 Å². The van der Waals surface area contributed by atoms with Gasteiger partial charge in [-0.3, -0.25) is 9.59 Å². The van der Waals surface area contributed by atoms with Crippen molar-refractivity contribution in [1.82, 2.24) is 10.2 Å². The van der Waals surface area contributed by atoms with Gasteiger partial charge >= 0.3 is 0 Å². The number of hydrogen-bond donors (Lipinski definition) is 2. The number of nitrogens with zero attached hydrogens (tertiary/aromatic N) is 2. The minimum atomic E-state index is -1.52. The number of aliphatic hydroxyl groups is 1. The SMILES string of the molecule is CC(C)NC(=O)c1ccc(N2CCC3(CC2)CC3CCN(C)C(=O)[C@](C)(O)c2ccccc2)cc1Cl. The summed E-state index contributed by atoms with van der Waals surface area (Å²) in [6.45, 7) is 8.00. The molecule has 36 heavy (non-hydrogen) atoms. The zero-order valence-electron chi connectivity index (χ0n) is 21.8. The molecule has 0 bridgehead atoms. The van der Waals surface area contributed by atoms with Gasteiger partial charge in [-0.25, -0.2) is 0 Å². The minimum Gasteiger partial charge on any atom is -0.376 e. The van der Waals surface area contributed by atoms with Crippen LogP contribution in [0.1, 0.15) is 62.4 Å². The van der Waals surface area contributed by atoms with E-state index in [4.69, 9.17) is 11.6 Å². The molecular formula is C29H38ClN3O3. The number of likely N-dealkylation sites (N-methyl/N-ethyl adjacent to an activating group) is 1. The molecule has 2 atom stereocenters. The van der Waals surface area contributed by atoms with Crippen molar-refractivity contribution < 1.29 is 14.7 Å². The van der Waals surface area contributed by atoms with Crippen molar-refractivity contribution in [2.24, 2.45) is 11.3 Å². The Morgan fingerprint density at radius 3 is 2.47 bits per heavy atom. The van der Waals surface area contributed by atoms with Crippen LogP contribution in [0.4, 0.5) is 5.69 Å². The highest BCUT2D eigenvalue weighted by Crippen LogP contribution is 2.61. The molecule has 0 radical (unpaired) electrons. The van der Waals surface area contributed by atoms with Crippen LogP contribution in [0.25, 0.3) is 0 Å². The summed E-state index contributed by atoms with van der Waals surface area (Å²) in [5, 5.41) is 14.2. The van der Waals surface area contributed by atoms with Gasteiger partial charge in [0.25, 0.3) is 11.8 Å². The number of benzene rings is 2. The lowest BCUT2D eigenvalue weighted by atomic mass is 9.89. The van der Waals surface area contributed by atoms with Crippen molar-refractivity contribution in [2.45, 2.75) is 58.1 Å². The first-order valence-electron chi connectivity index (χ1n) is 12.9. The Labute approximate surface area is 219 Å². The Kier molecular flexibility index (Phi) is 7.67. The quantitative estimate of drug-likeness (QED) is 0.532. The van der Waals surface area contributed by atoms with E-state index in [1.54, 1.807) is 31.0 Å². The molecule has 0 aromatic heterocycles. The van der Waals surface area contributed by atoms with Crippen LogP contribution in [-0.4, -0.2) is 54.5 Å². The molecule has 4 rings (SSSR count). The number of halogens is 1. The van der Waals surface area contributed by atoms with E-state index in [1.165, 1.54) is 6.42 Å². The number of carbonyl (C=O) groups excluding carboxylic acids is 2. The number of amides is 2. The van der Waals surface area contributed by atoms with Crippen molar-refractivity contribution in [2.75, 3.05) is 31.6 Å². The predicted octanol–water partition coefficient (Wildman–Crippen LogP) is 4.84. The molecule has 2 fully saturated rings. The van der Waals surface area contributed by atoms with Gasteiger partial charge < -0.3 is 20.2 Å². The summed E-state index contributed by atoms with van der Waals surface area (Å²) in [5.74, 6) is 0.205. The third kappa shape index (κ3) is 5.55. The summed E-state index contributed by atoms with van der Waals surface area (Å²) >= 11 is 6.45. The standard InChI is InChI=1S/C29H38ClN3O3/c1-20(2)31-26(34)24-11-10-23(18-25(24)30)33-16-13-29(14-17-33)19-22(29)12-15-32(4)27(35)28(3,36)21-8-6-5-7-9-21/h5-11,18,20,22,36H,12-17,19H2,1-4H3,(H,31,34)/t22?,28-/m1/s1. The lowest BCUT2D eigenvalue weighted by Crippen LogP contribution is -2.43. The fourth-order valence-electron chi connectivity index (χ4n) is 5.60. The van der Waals surface area contributed by atoms with Crippen molar-refractivity contribution in [1.29, 1.82) is 0 Å². The summed E-state index contributed by atoms with van der Waals surface area (Å²) < 4.78 is 0. The van der Waals surface area contributed by atoms with Gasteiger partial charge in [-0.15, -0.1) is 0 Å². The molecule has 194 valence electrons. The molecule has 1 aliphatic carbocycles. The van der Waals surface area contributed by atoms with Gasteiger partial charge in [0.05, 0.1) is 10.6 Å². The minimum absolute atomic E-state index is 0.0629. The van der Waals surface area contributed by atoms with Gasteiger partial charge in [0.2, 0.25) is 0 Å². The lowest BCUT2D eigenvalue weighted by molar-refractivity contribution is -0.149. The first-order chi connectivity index (χ1) is 17.0. The number of nitrogens with one attached hydrogen (secondary N) is 1. The van der Waals surface area contributed by atoms with E-state index in [1.807, 2.05) is 50.2 Å². The number of rotatable bonds is 8. The van der Waals surface area contributed by atoms with Gasteiger partial charge in [-0.05, 0) is 81.5 Å². The molecule has 2 amide bonds. The second kappa shape index (κ2) is 10.4. The fourth-order valence-corrected chi connectivity index (χ4v) is 5.86. The van der Waals surface area contributed by atoms with E-state index >= 15 is 0 Å². The summed E-state index contributed by atoms with van der Waals surface area (Å²) in [5.41, 5.74) is 1.03. The first kappa shape index (κ1) is 26.5. The summed E-state index contributed by atoms with van der Waals surface area (Å²) in [6.07, 6.45) is 4.39. The molecule has 1 unspecified atom stereocenters. The van der Waals surface area contributed by atoms with E-state index in [9.17, 15) is 14.7 Å². The Hall–Kier alpha value is -2.57. The van der Waals surface area contributed by atoms with Crippen LogP contribution >= 0.6 is 11.6 Å². The van der Waals surface area contributed by atoms with E-state index < -0.39 is 5.60 Å². The van der Waals surface area contributed by atoms with Crippen LogP contribution < -0.4 is 10.2 Å². The summed E-state index contributed by atoms with van der Waals surface area (Å²) in [4.78, 5) is 29.3. The zero-order valence-corrected chi connectivity index (χ0v) is 22.5. The Morgan fingerprint density at radius 2 is 1.86 bits per heavy atom. The van der Waals surface area contributed by atoms with Crippen molar-refractivity contribution in [3.63, 3.8) is 0 Å². The first-order valence-corrected chi connectivity index (χ1v) is 13.3. The van der Waals surface area contributed by atoms with E-state index in [0.29, 0.717) is 34.0 Å². The highest BCUT2D eigenvalue weighted by molar-refractivity contribution is 6.34. The van der Waals surface area contributed by atoms with Crippen LogP contribution in [0, 0.1) is 11.3 Å². The van der Waals surface area contributed by atoms with Crippen LogP contribution in [-0.2, 0) is 10.4 Å². The van der Waals surface area contributed by atoms with E-state index in [0.717, 1.165) is 38.0 Å². The molecule has 2 aliphatic rings. The zero-order chi connectivity index (χ0) is 26.1. The van der Waals surface area contributed by atoms with E-state index in [2.05, 4.69) is 10.2 Å². The lowest BCUT2D eigenvalue weighted by Gasteiger charge is -2.35. The molecular weight excluding hydrogens is 474 g/mol. The number of carbonyl (C=O) groups is 2. The molecule has 2 N–H and O–H groups in total. The van der Waals surface area contributed by atoms with Gasteiger partial charge in [-0.2, -0.15) is 0 Å². The van der Waals surface area contributed by atoms with Crippen molar-refractivity contribution in [3.8, 4) is 0 Å². The molecule has 1 saturated carbocycles. The van der Waals surface area contributed by atoms with Gasteiger partial charge in [0.15, 0.2) is 5.60 Å². The van der Waals surface area contributed by atoms with Gasteiger partial charge in [0, 0.05) is 38.4 Å². The normalized spacial score (nSPS) is 20.2. The molecule has 7 heteroatoms. The van der Waals surface area contributed by atoms with Crippen molar-refractivity contribution >= 4 is 29.1 Å². The second-order valence-corrected chi connectivity index (χ2v) is 11.4. The molecule has 1 heterocycles. The summed E-state index contributed by atoms with van der Waals surface area (Å²) in [7, 11) is 1.78. The van der Waals surface area contributed by atoms with Gasteiger partial charge in [0.1, 0.15) is 0 Å². The van der Waals surface area contributed by atoms with Crippen LogP contribution in [0.15, 0.2) is 48.5 Å². The fraction of sp³-hybridized carbons (Fsp3) is 0.517. The average molecular weight is 512 g/mol. The molecule has 2 aromatic carbocycles. The second-order valence-electron chi connectivity index (χ2n) is 11.0. The number of anilines is 1. The van der Waals surface area contributed by atoms with Crippen LogP contribution in [0.5, 0.6) is 0 Å². The maximum atomic E-state index is 12.9. The Balaban J connectivity index is 1.27.